The van der Waals surface area contributed by atoms with Crippen molar-refractivity contribution in [1.82, 2.24) is 4.57 Å². The summed E-state index contributed by atoms with van der Waals surface area (Å²) in [7, 11) is 0. The van der Waals surface area contributed by atoms with Crippen molar-refractivity contribution in [2.45, 2.75) is 46.1 Å². The quantitative estimate of drug-likeness (QED) is 0.856. The minimum absolute atomic E-state index is 0.0664. The van der Waals surface area contributed by atoms with Gasteiger partial charge in [0.2, 0.25) is 0 Å². The molecule has 0 amide bonds. The number of rotatable bonds is 2. The van der Waals surface area contributed by atoms with Crippen LogP contribution in [0.2, 0.25) is 0 Å². The van der Waals surface area contributed by atoms with E-state index in [1.54, 1.807) is 25.3 Å². The van der Waals surface area contributed by atoms with Crippen LogP contribution < -0.4 is 5.49 Å². The fourth-order valence-corrected chi connectivity index (χ4v) is 2.94. The van der Waals surface area contributed by atoms with Crippen molar-refractivity contribution < 1.29 is 14.0 Å². The number of furan rings is 1. The lowest BCUT2D eigenvalue weighted by molar-refractivity contribution is 0.0920. The Morgan fingerprint density at radius 2 is 2.09 bits per heavy atom. The third kappa shape index (κ3) is 2.79. The first-order valence-electron chi connectivity index (χ1n) is 7.90. The molecule has 1 aliphatic rings. The Morgan fingerprint density at radius 1 is 1.30 bits per heavy atom. The molecule has 0 radical (unpaired) electrons. The molecule has 0 bridgehead atoms. The molecule has 23 heavy (non-hydrogen) atoms. The van der Waals surface area contributed by atoms with E-state index >= 15 is 0 Å². The third-order valence-corrected chi connectivity index (χ3v) is 3.95. The van der Waals surface area contributed by atoms with E-state index in [1.807, 2.05) is 19.9 Å². The normalized spacial score (nSPS) is 15.1. The molecule has 2 aromatic rings. The van der Waals surface area contributed by atoms with Crippen molar-refractivity contribution in [2.75, 3.05) is 0 Å². The van der Waals surface area contributed by atoms with Crippen LogP contribution in [0.4, 0.5) is 0 Å². The van der Waals surface area contributed by atoms with E-state index in [1.165, 1.54) is 4.57 Å². The summed E-state index contributed by atoms with van der Waals surface area (Å²) in [5.41, 5.74) is 1.81. The number of aromatic nitrogens is 1. The fourth-order valence-electron chi connectivity index (χ4n) is 2.94. The monoisotopic (exact) mass is 312 g/mol. The number of hydrogen-bond donors (Lipinski definition) is 0. The zero-order valence-electron chi connectivity index (χ0n) is 13.6. The van der Waals surface area contributed by atoms with Gasteiger partial charge in [0, 0.05) is 30.6 Å². The number of nitrogens with zero attached hydrogens (tertiary/aromatic N) is 2. The van der Waals surface area contributed by atoms with E-state index in [2.05, 4.69) is 4.99 Å². The molecule has 0 fully saturated rings. The van der Waals surface area contributed by atoms with Gasteiger partial charge in [-0.2, -0.15) is 0 Å². The Balaban J connectivity index is 2.11. The van der Waals surface area contributed by atoms with E-state index in [0.717, 1.165) is 6.42 Å². The van der Waals surface area contributed by atoms with E-state index in [0.29, 0.717) is 35.2 Å². The third-order valence-electron chi connectivity index (χ3n) is 3.95. The first-order valence-corrected chi connectivity index (χ1v) is 7.90. The summed E-state index contributed by atoms with van der Waals surface area (Å²) in [5, 5.41) is 0. The van der Waals surface area contributed by atoms with Crippen molar-refractivity contribution in [1.29, 1.82) is 0 Å². The zero-order chi connectivity index (χ0) is 16.6. The molecule has 0 unspecified atom stereocenters. The van der Waals surface area contributed by atoms with Gasteiger partial charge in [0.1, 0.15) is 11.2 Å². The summed E-state index contributed by atoms with van der Waals surface area (Å²) >= 11 is 0. The number of hydrogen-bond acceptors (Lipinski definition) is 4. The molecule has 3 rings (SSSR count). The Kier molecular flexibility index (Phi) is 4.03. The summed E-state index contributed by atoms with van der Waals surface area (Å²) in [6.07, 6.45) is 3.68. The predicted molar refractivity (Wildman–Crippen MR) is 85.6 cm³/mol. The molecule has 120 valence electrons. The number of Topliss-reactive ketones (excluding diaryl/α,β-unsaturated/α-hetero) is 1. The Bertz CT molecular complexity index is 840. The molecule has 5 nitrogen and oxygen atoms in total. The highest BCUT2D eigenvalue weighted by molar-refractivity contribution is 6.03. The van der Waals surface area contributed by atoms with Crippen LogP contribution in [-0.4, -0.2) is 22.3 Å². The highest BCUT2D eigenvalue weighted by Crippen LogP contribution is 2.29. The van der Waals surface area contributed by atoms with E-state index in [4.69, 9.17) is 4.42 Å². The molecule has 0 atom stereocenters. The molecular weight excluding hydrogens is 292 g/mol. The SMILES string of the molecule is Cc1c(C(=O)n2ccccc2=NC(C)C)oc2c1C(=O)CCC2. The maximum absolute atomic E-state index is 12.9. The molecule has 0 spiro atoms. The Hall–Kier alpha value is -2.43. The topological polar surface area (TPSA) is 64.6 Å². The van der Waals surface area contributed by atoms with Crippen LogP contribution in [0.5, 0.6) is 0 Å². The maximum atomic E-state index is 12.9. The minimum Gasteiger partial charge on any atom is -0.455 e. The molecular formula is C18H20N2O3. The number of aryl methyl sites for hydroxylation is 1. The molecule has 2 aromatic heterocycles. The van der Waals surface area contributed by atoms with Crippen LogP contribution in [-0.2, 0) is 6.42 Å². The Morgan fingerprint density at radius 3 is 2.78 bits per heavy atom. The number of pyridine rings is 1. The highest BCUT2D eigenvalue weighted by Gasteiger charge is 2.29. The smallest absolute Gasteiger partial charge is 0.299 e. The summed E-state index contributed by atoms with van der Waals surface area (Å²) in [6.45, 7) is 5.69. The second-order valence-electron chi connectivity index (χ2n) is 6.09. The van der Waals surface area contributed by atoms with Crippen LogP contribution in [0, 0.1) is 6.92 Å². The van der Waals surface area contributed by atoms with Gasteiger partial charge in [-0.15, -0.1) is 0 Å². The van der Waals surface area contributed by atoms with E-state index in [-0.39, 0.29) is 23.5 Å². The number of carbonyl (C=O) groups is 2. The summed E-state index contributed by atoms with van der Waals surface area (Å²) in [5.74, 6) is 0.657. The molecule has 0 aliphatic heterocycles. The average Bonchev–Trinajstić information content (AvgIpc) is 2.85. The molecule has 5 heteroatoms. The summed E-state index contributed by atoms with van der Waals surface area (Å²) in [6, 6.07) is 5.49. The number of fused-ring (bicyclic) bond motifs is 1. The van der Waals surface area contributed by atoms with Gasteiger partial charge in [0.05, 0.1) is 5.56 Å². The van der Waals surface area contributed by atoms with Crippen molar-refractivity contribution in [3.05, 3.63) is 52.5 Å². The van der Waals surface area contributed by atoms with Crippen LogP contribution in [0.1, 0.15) is 58.9 Å². The maximum Gasteiger partial charge on any atom is 0.299 e. The second kappa shape index (κ2) is 5.99. The van der Waals surface area contributed by atoms with Gasteiger partial charge in [0.25, 0.3) is 5.91 Å². The standard InChI is InChI=1S/C18H20N2O3/c1-11(2)19-15-9-4-5-10-20(15)18(22)17-12(3)16-13(21)7-6-8-14(16)23-17/h4-5,9-11H,6-8H2,1-3H3. The first kappa shape index (κ1) is 15.5. The lowest BCUT2D eigenvalue weighted by Gasteiger charge is -2.07. The van der Waals surface area contributed by atoms with Gasteiger partial charge in [0.15, 0.2) is 11.5 Å². The number of ketones is 1. The van der Waals surface area contributed by atoms with Crippen molar-refractivity contribution in [2.24, 2.45) is 4.99 Å². The lowest BCUT2D eigenvalue weighted by atomic mass is 9.94. The molecule has 0 saturated heterocycles. The zero-order valence-corrected chi connectivity index (χ0v) is 13.6. The van der Waals surface area contributed by atoms with E-state index < -0.39 is 0 Å². The van der Waals surface area contributed by atoms with Crippen molar-refractivity contribution in [3.63, 3.8) is 0 Å². The molecule has 2 heterocycles. The van der Waals surface area contributed by atoms with Crippen LogP contribution in [0.15, 0.2) is 33.8 Å². The van der Waals surface area contributed by atoms with Crippen molar-refractivity contribution in [3.8, 4) is 0 Å². The molecule has 0 aromatic carbocycles. The van der Waals surface area contributed by atoms with Gasteiger partial charge >= 0.3 is 0 Å². The predicted octanol–water partition coefficient (Wildman–Crippen LogP) is 2.91. The van der Waals surface area contributed by atoms with Gasteiger partial charge in [-0.25, -0.2) is 0 Å². The van der Waals surface area contributed by atoms with Gasteiger partial charge in [-0.3, -0.25) is 19.1 Å². The highest BCUT2D eigenvalue weighted by atomic mass is 16.4. The van der Waals surface area contributed by atoms with Crippen LogP contribution in [0.25, 0.3) is 0 Å². The average molecular weight is 312 g/mol. The van der Waals surface area contributed by atoms with Crippen molar-refractivity contribution >= 4 is 11.7 Å². The summed E-state index contributed by atoms with van der Waals surface area (Å²) < 4.78 is 7.22. The van der Waals surface area contributed by atoms with Gasteiger partial charge in [-0.05, 0) is 39.3 Å². The van der Waals surface area contributed by atoms with Gasteiger partial charge < -0.3 is 4.42 Å². The number of carbonyl (C=O) groups excluding carboxylic acids is 2. The van der Waals surface area contributed by atoms with Crippen LogP contribution >= 0.6 is 0 Å². The molecule has 0 N–H and O–H groups in total. The Labute approximate surface area is 134 Å². The lowest BCUT2D eigenvalue weighted by Crippen LogP contribution is -2.28. The minimum atomic E-state index is -0.287. The molecule has 1 aliphatic carbocycles. The second-order valence-corrected chi connectivity index (χ2v) is 6.09. The first-order chi connectivity index (χ1) is 11.0. The summed E-state index contributed by atoms with van der Waals surface area (Å²) in [4.78, 5) is 29.5. The largest absolute Gasteiger partial charge is 0.455 e. The van der Waals surface area contributed by atoms with Gasteiger partial charge in [-0.1, -0.05) is 6.07 Å². The van der Waals surface area contributed by atoms with E-state index in [9.17, 15) is 9.59 Å². The fraction of sp³-hybridized carbons (Fsp3) is 0.389. The molecule has 0 saturated carbocycles. The van der Waals surface area contributed by atoms with Crippen LogP contribution in [0.3, 0.4) is 0 Å².